The fraction of sp³-hybridized carbons (Fsp3) is 0.348. The molecule has 0 spiro atoms. The van der Waals surface area contributed by atoms with Gasteiger partial charge in [0.1, 0.15) is 17.6 Å². The van der Waals surface area contributed by atoms with E-state index in [1.54, 1.807) is 24.3 Å². The number of hydrogen-bond acceptors (Lipinski definition) is 4. The van der Waals surface area contributed by atoms with Gasteiger partial charge >= 0.3 is 0 Å². The highest BCUT2D eigenvalue weighted by atomic mass is 19.1. The Hall–Kier alpha value is -3.22. The number of halogens is 1. The Bertz CT molecular complexity index is 954. The van der Waals surface area contributed by atoms with E-state index in [1.807, 2.05) is 20.8 Å². The van der Waals surface area contributed by atoms with Crippen molar-refractivity contribution in [1.29, 1.82) is 0 Å². The minimum Gasteiger partial charge on any atom is -0.497 e. The van der Waals surface area contributed by atoms with Gasteiger partial charge in [0.2, 0.25) is 5.91 Å². The van der Waals surface area contributed by atoms with Gasteiger partial charge in [-0.05, 0) is 68.8 Å². The summed E-state index contributed by atoms with van der Waals surface area (Å²) >= 11 is 0. The van der Waals surface area contributed by atoms with E-state index >= 15 is 0 Å². The molecule has 0 radical (unpaired) electrons. The fourth-order valence-corrected chi connectivity index (χ4v) is 3.56. The Morgan fingerprint density at radius 2 is 1.73 bits per heavy atom. The Kier molecular flexibility index (Phi) is 5.92. The quantitative estimate of drug-likeness (QED) is 0.677. The van der Waals surface area contributed by atoms with Gasteiger partial charge in [-0.15, -0.1) is 0 Å². The van der Waals surface area contributed by atoms with Crippen molar-refractivity contribution < 1.29 is 23.5 Å². The summed E-state index contributed by atoms with van der Waals surface area (Å²) in [4.78, 5) is 41.9. The minimum atomic E-state index is -0.938. The minimum absolute atomic E-state index is 0.123. The van der Waals surface area contributed by atoms with E-state index in [2.05, 4.69) is 0 Å². The van der Waals surface area contributed by atoms with Crippen LogP contribution in [0.2, 0.25) is 0 Å². The topological polar surface area (TPSA) is 66.9 Å². The van der Waals surface area contributed by atoms with Crippen molar-refractivity contribution in [2.24, 2.45) is 0 Å². The van der Waals surface area contributed by atoms with Gasteiger partial charge in [0.05, 0.1) is 19.2 Å². The molecule has 6 nitrogen and oxygen atoms in total. The van der Waals surface area contributed by atoms with Crippen molar-refractivity contribution in [2.75, 3.05) is 12.0 Å². The van der Waals surface area contributed by atoms with Gasteiger partial charge in [0.15, 0.2) is 0 Å². The van der Waals surface area contributed by atoms with E-state index in [0.717, 1.165) is 4.90 Å². The van der Waals surface area contributed by atoms with Crippen molar-refractivity contribution in [3.8, 4) is 5.75 Å². The molecular formula is C23H25FN2O4. The van der Waals surface area contributed by atoms with E-state index < -0.39 is 29.2 Å². The van der Waals surface area contributed by atoms with Gasteiger partial charge in [-0.2, -0.15) is 0 Å². The van der Waals surface area contributed by atoms with E-state index in [0.29, 0.717) is 23.4 Å². The van der Waals surface area contributed by atoms with Gasteiger partial charge in [-0.3, -0.25) is 14.4 Å². The van der Waals surface area contributed by atoms with Crippen molar-refractivity contribution in [3.05, 3.63) is 59.9 Å². The standard InChI is InChI=1S/C23H25FN2O4/c1-5-23(2,3)26(21(28)15-6-12-18(30-4)13-7-15)19-14-20(27)25(22(19)29)17-10-8-16(24)9-11-17/h6-13,19H,5,14H2,1-4H3. The Balaban J connectivity index is 1.98. The molecule has 1 unspecified atom stereocenters. The van der Waals surface area contributed by atoms with E-state index in [4.69, 9.17) is 4.74 Å². The normalized spacial score (nSPS) is 16.7. The van der Waals surface area contributed by atoms with Gasteiger partial charge in [-0.1, -0.05) is 6.92 Å². The molecule has 1 aliphatic heterocycles. The van der Waals surface area contributed by atoms with Crippen LogP contribution in [0.15, 0.2) is 48.5 Å². The first-order chi connectivity index (χ1) is 14.2. The van der Waals surface area contributed by atoms with Crippen LogP contribution in [0.25, 0.3) is 0 Å². The smallest absolute Gasteiger partial charge is 0.257 e. The van der Waals surface area contributed by atoms with Crippen LogP contribution in [0.3, 0.4) is 0 Å². The van der Waals surface area contributed by atoms with Gasteiger partial charge in [-0.25, -0.2) is 9.29 Å². The second kappa shape index (κ2) is 8.26. The van der Waals surface area contributed by atoms with Crippen molar-refractivity contribution in [2.45, 2.75) is 45.2 Å². The number of carbonyl (C=O) groups excluding carboxylic acids is 3. The molecule has 1 aliphatic rings. The Morgan fingerprint density at radius 3 is 2.27 bits per heavy atom. The van der Waals surface area contributed by atoms with E-state index in [1.165, 1.54) is 36.3 Å². The summed E-state index contributed by atoms with van der Waals surface area (Å²) in [6, 6.07) is 10.8. The molecule has 1 heterocycles. The van der Waals surface area contributed by atoms with Crippen LogP contribution in [0.5, 0.6) is 5.75 Å². The molecule has 1 fully saturated rings. The number of imide groups is 1. The lowest BCUT2D eigenvalue weighted by atomic mass is 9.94. The average Bonchev–Trinajstić information content (AvgIpc) is 3.02. The maximum Gasteiger partial charge on any atom is 0.257 e. The lowest BCUT2D eigenvalue weighted by molar-refractivity contribution is -0.123. The van der Waals surface area contributed by atoms with Crippen molar-refractivity contribution >= 4 is 23.4 Å². The molecule has 0 N–H and O–H groups in total. The lowest BCUT2D eigenvalue weighted by Gasteiger charge is -2.41. The predicted molar refractivity (Wildman–Crippen MR) is 111 cm³/mol. The van der Waals surface area contributed by atoms with Gasteiger partial charge in [0.25, 0.3) is 11.8 Å². The van der Waals surface area contributed by atoms with Crippen molar-refractivity contribution in [1.82, 2.24) is 4.90 Å². The largest absolute Gasteiger partial charge is 0.497 e. The molecule has 0 aromatic heterocycles. The molecule has 0 aliphatic carbocycles. The highest BCUT2D eigenvalue weighted by molar-refractivity contribution is 6.23. The highest BCUT2D eigenvalue weighted by Gasteiger charge is 2.48. The number of hydrogen-bond donors (Lipinski definition) is 0. The zero-order chi connectivity index (χ0) is 22.1. The summed E-state index contributed by atoms with van der Waals surface area (Å²) in [7, 11) is 1.54. The third-order valence-corrected chi connectivity index (χ3v) is 5.59. The summed E-state index contributed by atoms with van der Waals surface area (Å²) in [5, 5.41) is 0. The van der Waals surface area contributed by atoms with Crippen LogP contribution in [-0.2, 0) is 9.59 Å². The average molecular weight is 412 g/mol. The number of anilines is 1. The fourth-order valence-electron chi connectivity index (χ4n) is 3.56. The molecule has 158 valence electrons. The van der Waals surface area contributed by atoms with Crippen LogP contribution < -0.4 is 9.64 Å². The van der Waals surface area contributed by atoms with Crippen LogP contribution in [0, 0.1) is 5.82 Å². The molecule has 0 saturated carbocycles. The third kappa shape index (κ3) is 3.92. The zero-order valence-electron chi connectivity index (χ0n) is 17.5. The third-order valence-electron chi connectivity index (χ3n) is 5.59. The molecule has 1 atom stereocenters. The van der Waals surface area contributed by atoms with Gasteiger partial charge in [0, 0.05) is 11.1 Å². The van der Waals surface area contributed by atoms with Crippen LogP contribution in [0.4, 0.5) is 10.1 Å². The predicted octanol–water partition coefficient (Wildman–Crippen LogP) is 3.80. The van der Waals surface area contributed by atoms with Crippen LogP contribution in [-0.4, -0.2) is 41.3 Å². The van der Waals surface area contributed by atoms with Gasteiger partial charge < -0.3 is 9.64 Å². The number of benzene rings is 2. The highest BCUT2D eigenvalue weighted by Crippen LogP contribution is 2.32. The maximum absolute atomic E-state index is 13.4. The monoisotopic (exact) mass is 412 g/mol. The number of amides is 3. The molecule has 3 rings (SSSR count). The van der Waals surface area contributed by atoms with E-state index in [-0.39, 0.29) is 12.3 Å². The first kappa shape index (κ1) is 21.5. The molecular weight excluding hydrogens is 387 g/mol. The SMILES string of the molecule is CCC(C)(C)N(C(=O)c1ccc(OC)cc1)C1CC(=O)N(c2ccc(F)cc2)C1=O. The molecule has 7 heteroatoms. The lowest BCUT2D eigenvalue weighted by Crippen LogP contribution is -2.55. The zero-order valence-corrected chi connectivity index (χ0v) is 17.5. The molecule has 3 amide bonds. The number of ether oxygens (including phenoxy) is 1. The second-order valence-electron chi connectivity index (χ2n) is 7.83. The Labute approximate surface area is 175 Å². The maximum atomic E-state index is 13.4. The number of carbonyl (C=O) groups is 3. The second-order valence-corrected chi connectivity index (χ2v) is 7.83. The number of methoxy groups -OCH3 is 1. The molecule has 2 aromatic rings. The van der Waals surface area contributed by atoms with Crippen LogP contribution >= 0.6 is 0 Å². The first-order valence-corrected chi connectivity index (χ1v) is 9.79. The Morgan fingerprint density at radius 1 is 1.13 bits per heavy atom. The summed E-state index contributed by atoms with van der Waals surface area (Å²) in [5.41, 5.74) is 0.0222. The summed E-state index contributed by atoms with van der Waals surface area (Å²) in [5.74, 6) is -1.09. The molecule has 2 aromatic carbocycles. The number of nitrogens with zero attached hydrogens (tertiary/aromatic N) is 2. The molecule has 0 bridgehead atoms. The summed E-state index contributed by atoms with van der Waals surface area (Å²) < 4.78 is 18.4. The van der Waals surface area contributed by atoms with Crippen LogP contribution in [0.1, 0.15) is 44.0 Å². The summed E-state index contributed by atoms with van der Waals surface area (Å²) in [6.45, 7) is 5.66. The van der Waals surface area contributed by atoms with E-state index in [9.17, 15) is 18.8 Å². The number of rotatable bonds is 6. The first-order valence-electron chi connectivity index (χ1n) is 9.79. The molecule has 30 heavy (non-hydrogen) atoms. The molecule has 1 saturated heterocycles. The summed E-state index contributed by atoms with van der Waals surface area (Å²) in [6.07, 6.45) is 0.463. The van der Waals surface area contributed by atoms with Crippen molar-refractivity contribution in [3.63, 3.8) is 0 Å².